The van der Waals surface area contributed by atoms with Crippen molar-refractivity contribution in [2.24, 2.45) is 7.05 Å². The third kappa shape index (κ3) is 3.84. The summed E-state index contributed by atoms with van der Waals surface area (Å²) in [5, 5.41) is 4.68. The lowest BCUT2D eigenvalue weighted by atomic mass is 10.3. The van der Waals surface area contributed by atoms with Gasteiger partial charge >= 0.3 is 10.7 Å². The Kier molecular flexibility index (Phi) is 5.38. The Morgan fingerprint density at radius 2 is 2.16 bits per heavy atom. The van der Waals surface area contributed by atoms with E-state index in [9.17, 15) is 9.59 Å². The summed E-state index contributed by atoms with van der Waals surface area (Å²) in [6.07, 6.45) is 0. The van der Waals surface area contributed by atoms with Gasteiger partial charge < -0.3 is 5.32 Å². The number of rotatable bonds is 4. The van der Waals surface area contributed by atoms with Crippen LogP contribution in [0.2, 0.25) is 10.0 Å². The Bertz CT molecular complexity index is 1030. The van der Waals surface area contributed by atoms with E-state index in [0.29, 0.717) is 26.3 Å². The monoisotopic (exact) mass is 414 g/mol. The topological polar surface area (TPSA) is 65.2 Å². The van der Waals surface area contributed by atoms with Crippen molar-refractivity contribution in [2.75, 3.05) is 11.1 Å². The highest BCUT2D eigenvalue weighted by atomic mass is 35.5. The highest BCUT2D eigenvalue weighted by Crippen LogP contribution is 2.29. The molecule has 0 unspecified atom stereocenters. The highest BCUT2D eigenvalue weighted by Gasteiger charge is 2.19. The number of carbonyl (C=O) groups excluding carboxylic acids is 1. The number of hydrogen-bond acceptors (Lipinski definition) is 4. The quantitative estimate of drug-likeness (QED) is 0.521. The molecule has 0 saturated heterocycles. The van der Waals surface area contributed by atoms with E-state index in [4.69, 9.17) is 23.2 Å². The number of H-pyrrole nitrogens is 1. The molecule has 0 aliphatic heterocycles. The number of thioether (sulfide) groups is 1. The van der Waals surface area contributed by atoms with E-state index in [1.165, 1.54) is 27.7 Å². The Hall–Kier alpha value is -1.54. The van der Waals surface area contributed by atoms with E-state index < -0.39 is 0 Å². The summed E-state index contributed by atoms with van der Waals surface area (Å²) in [5.74, 6) is -0.111. The molecule has 0 saturated carbocycles. The number of halogens is 2. The number of anilines is 1. The van der Waals surface area contributed by atoms with Crippen LogP contribution in [0.15, 0.2) is 34.2 Å². The van der Waals surface area contributed by atoms with Crippen LogP contribution in [0.3, 0.4) is 0 Å². The number of fused-ring (bicyclic) bond motifs is 1. The maximum absolute atomic E-state index is 12.4. The van der Waals surface area contributed by atoms with Crippen molar-refractivity contribution in [3.8, 4) is 0 Å². The van der Waals surface area contributed by atoms with Gasteiger partial charge in [0, 0.05) is 4.88 Å². The molecule has 0 spiro atoms. The number of benzene rings is 1. The number of amides is 1. The van der Waals surface area contributed by atoms with Crippen molar-refractivity contribution in [3.05, 3.63) is 49.5 Å². The normalized spacial score (nSPS) is 11.0. The highest BCUT2D eigenvalue weighted by molar-refractivity contribution is 7.99. The standard InChI is InChI=1S/C16H13Cl2N3O2S2/c1-8-6-9-14(25-8)20-16(21(2)15(9)23)24-7-12(22)19-11-5-3-4-10(17)13(11)18/h3-6H,7H2,1-2H3,(H,19,22)/p+1. The summed E-state index contributed by atoms with van der Waals surface area (Å²) in [6, 6.07) is 6.90. The Labute approximate surface area is 162 Å². The van der Waals surface area contributed by atoms with Crippen LogP contribution in [0, 0.1) is 6.92 Å². The van der Waals surface area contributed by atoms with Gasteiger partial charge in [0.1, 0.15) is 5.39 Å². The molecule has 9 heteroatoms. The van der Waals surface area contributed by atoms with Crippen LogP contribution in [-0.4, -0.2) is 16.2 Å². The van der Waals surface area contributed by atoms with Gasteiger partial charge in [0.2, 0.25) is 5.91 Å². The minimum Gasteiger partial charge on any atom is -0.324 e. The number of aromatic nitrogens is 2. The lowest BCUT2D eigenvalue weighted by Gasteiger charge is -2.07. The van der Waals surface area contributed by atoms with Gasteiger partial charge in [-0.05, 0) is 36.9 Å². The van der Waals surface area contributed by atoms with Crippen molar-refractivity contribution in [2.45, 2.75) is 12.1 Å². The van der Waals surface area contributed by atoms with Gasteiger partial charge in [-0.3, -0.25) is 4.79 Å². The molecule has 0 bridgehead atoms. The zero-order valence-corrected chi connectivity index (χ0v) is 16.5. The van der Waals surface area contributed by atoms with Crippen molar-refractivity contribution in [3.63, 3.8) is 0 Å². The fourth-order valence-electron chi connectivity index (χ4n) is 2.27. The number of hydrogen-bond donors (Lipinski definition) is 1. The van der Waals surface area contributed by atoms with E-state index in [1.54, 1.807) is 25.2 Å². The second kappa shape index (κ2) is 7.37. The molecule has 2 N–H and O–H groups in total. The van der Waals surface area contributed by atoms with E-state index >= 15 is 0 Å². The lowest BCUT2D eigenvalue weighted by molar-refractivity contribution is -0.404. The summed E-state index contributed by atoms with van der Waals surface area (Å²) < 4.78 is 1.51. The first kappa shape index (κ1) is 18.3. The van der Waals surface area contributed by atoms with Crippen LogP contribution in [0.5, 0.6) is 0 Å². The van der Waals surface area contributed by atoms with Crippen LogP contribution in [0.4, 0.5) is 5.69 Å². The van der Waals surface area contributed by atoms with Crippen molar-refractivity contribution in [1.82, 2.24) is 4.57 Å². The minimum absolute atomic E-state index is 0.0844. The first-order valence-electron chi connectivity index (χ1n) is 7.26. The zero-order chi connectivity index (χ0) is 18.1. The van der Waals surface area contributed by atoms with Gasteiger partial charge in [0.25, 0.3) is 0 Å². The fourth-order valence-corrected chi connectivity index (χ4v) is 4.38. The molecule has 130 valence electrons. The van der Waals surface area contributed by atoms with Gasteiger partial charge in [-0.25, -0.2) is 9.78 Å². The van der Waals surface area contributed by atoms with Gasteiger partial charge in [0.15, 0.2) is 4.83 Å². The van der Waals surface area contributed by atoms with Crippen LogP contribution < -0.4 is 15.9 Å². The summed E-state index contributed by atoms with van der Waals surface area (Å²) >= 11 is 14.8. The second-order valence-corrected chi connectivity index (χ2v) is 8.34. The SMILES string of the molecule is Cc1cc2c(=O)n(C)c(SCC(=O)Nc3cccc(Cl)c3Cl)[nH+]c2s1. The Balaban J connectivity index is 1.76. The smallest absolute Gasteiger partial charge is 0.324 e. The molecule has 5 nitrogen and oxygen atoms in total. The van der Waals surface area contributed by atoms with Crippen LogP contribution >= 0.6 is 46.3 Å². The Morgan fingerprint density at radius 3 is 2.92 bits per heavy atom. The minimum atomic E-state index is -0.238. The number of aromatic amines is 1. The molecular formula is C16H14Cl2N3O2S2+. The number of thiophene rings is 1. The maximum atomic E-state index is 12.4. The number of nitrogens with zero attached hydrogens (tertiary/aromatic N) is 1. The molecule has 3 rings (SSSR count). The van der Waals surface area contributed by atoms with E-state index in [0.717, 1.165) is 9.71 Å². The van der Waals surface area contributed by atoms with E-state index in [-0.39, 0.29) is 17.2 Å². The van der Waals surface area contributed by atoms with Gasteiger partial charge in [-0.1, -0.05) is 40.6 Å². The summed E-state index contributed by atoms with van der Waals surface area (Å²) in [4.78, 5) is 29.6. The average Bonchev–Trinajstić information content (AvgIpc) is 2.94. The van der Waals surface area contributed by atoms with Crippen molar-refractivity contribution < 1.29 is 9.78 Å². The van der Waals surface area contributed by atoms with Crippen molar-refractivity contribution in [1.29, 1.82) is 0 Å². The molecule has 0 aliphatic rings. The number of aryl methyl sites for hydroxylation is 1. The first-order valence-corrected chi connectivity index (χ1v) is 9.81. The van der Waals surface area contributed by atoms with E-state index in [2.05, 4.69) is 10.3 Å². The molecule has 0 fully saturated rings. The fraction of sp³-hybridized carbons (Fsp3) is 0.188. The van der Waals surface area contributed by atoms with Crippen LogP contribution in [-0.2, 0) is 11.8 Å². The van der Waals surface area contributed by atoms with E-state index in [1.807, 2.05) is 13.0 Å². The molecule has 3 aromatic rings. The predicted molar refractivity (Wildman–Crippen MR) is 104 cm³/mol. The molecule has 2 aromatic heterocycles. The molecule has 25 heavy (non-hydrogen) atoms. The lowest BCUT2D eigenvalue weighted by Crippen LogP contribution is -2.27. The molecule has 1 aromatic carbocycles. The van der Waals surface area contributed by atoms with Crippen molar-refractivity contribution >= 4 is 68.1 Å². The van der Waals surface area contributed by atoms with Crippen LogP contribution in [0.25, 0.3) is 10.2 Å². The second-order valence-electron chi connectivity index (χ2n) is 5.33. The largest absolute Gasteiger partial charge is 0.346 e. The summed E-state index contributed by atoms with van der Waals surface area (Å²) in [6.45, 7) is 1.95. The average molecular weight is 415 g/mol. The third-order valence-corrected chi connectivity index (χ3v) is 6.32. The predicted octanol–water partition coefficient (Wildman–Crippen LogP) is 3.76. The van der Waals surface area contributed by atoms with Crippen LogP contribution in [0.1, 0.15) is 4.88 Å². The molecule has 0 aliphatic carbocycles. The van der Waals surface area contributed by atoms with Gasteiger partial charge in [-0.15, -0.1) is 0 Å². The van der Waals surface area contributed by atoms with Gasteiger partial charge in [-0.2, -0.15) is 4.57 Å². The molecule has 1 amide bonds. The molecular weight excluding hydrogens is 401 g/mol. The summed E-state index contributed by atoms with van der Waals surface area (Å²) in [7, 11) is 1.68. The molecule has 2 heterocycles. The number of nitrogens with one attached hydrogen (secondary N) is 2. The maximum Gasteiger partial charge on any atom is 0.346 e. The number of carbonyl (C=O) groups is 1. The molecule has 0 radical (unpaired) electrons. The Morgan fingerprint density at radius 1 is 1.40 bits per heavy atom. The zero-order valence-electron chi connectivity index (χ0n) is 13.4. The van der Waals surface area contributed by atoms with Gasteiger partial charge in [0.05, 0.1) is 28.5 Å². The molecule has 0 atom stereocenters. The first-order chi connectivity index (χ1) is 11.9. The third-order valence-electron chi connectivity index (χ3n) is 3.48. The summed E-state index contributed by atoms with van der Waals surface area (Å²) in [5.41, 5.74) is 0.376.